The van der Waals surface area contributed by atoms with E-state index in [0.717, 1.165) is 0 Å². The zero-order valence-electron chi connectivity index (χ0n) is 5.27. The van der Waals surface area contributed by atoms with Crippen molar-refractivity contribution in [3.8, 4) is 5.88 Å². The van der Waals surface area contributed by atoms with Crippen LogP contribution in [0.5, 0.6) is 5.88 Å². The lowest BCUT2D eigenvalue weighted by Crippen LogP contribution is -2.01. The number of hydrogen-bond donors (Lipinski definition) is 2. The number of fused-ring (bicyclic) bond motifs is 1. The monoisotopic (exact) mass is 151 g/mol. The molecule has 0 amide bonds. The first-order chi connectivity index (χ1) is 5.27. The Labute approximate surface area is 60.3 Å². The van der Waals surface area contributed by atoms with Gasteiger partial charge in [0.25, 0.3) is 0 Å². The van der Waals surface area contributed by atoms with Gasteiger partial charge in [-0.05, 0) is 0 Å². The summed E-state index contributed by atoms with van der Waals surface area (Å²) in [5.74, 6) is -0.599. The first-order valence-electron chi connectivity index (χ1n) is 2.78. The molecule has 0 aromatic carbocycles. The summed E-state index contributed by atoms with van der Waals surface area (Å²) in [6.07, 6.45) is 0. The number of nitrogens with one attached hydrogen (secondary N) is 1. The Bertz CT molecular complexity index is 394. The maximum atomic E-state index is 10.9. The van der Waals surface area contributed by atoms with E-state index < -0.39 is 5.88 Å². The standard InChI is InChI=1S/C4H4N6O/c5-4-6-2-1(3(11)7-4)8-10-9-2/h(H4,5,6,7,8,9,10,11)/p-1. The van der Waals surface area contributed by atoms with E-state index in [0.29, 0.717) is 0 Å². The first kappa shape index (κ1) is 5.83. The van der Waals surface area contributed by atoms with Crippen LogP contribution in [0.25, 0.3) is 11.2 Å². The van der Waals surface area contributed by atoms with E-state index in [1.54, 1.807) is 0 Å². The summed E-state index contributed by atoms with van der Waals surface area (Å²) in [4.78, 5) is 7.02. The molecule has 0 spiro atoms. The summed E-state index contributed by atoms with van der Waals surface area (Å²) in [7, 11) is 0. The van der Waals surface area contributed by atoms with Crippen molar-refractivity contribution in [3.63, 3.8) is 0 Å². The Morgan fingerprint density at radius 1 is 1.27 bits per heavy atom. The molecule has 0 fully saturated rings. The minimum absolute atomic E-state index is 0.0867. The van der Waals surface area contributed by atoms with E-state index in [2.05, 4.69) is 25.4 Å². The molecule has 0 bridgehead atoms. The normalized spacial score (nSPS) is 10.5. The minimum atomic E-state index is -0.513. The summed E-state index contributed by atoms with van der Waals surface area (Å²) in [6.45, 7) is 0. The zero-order chi connectivity index (χ0) is 7.84. The summed E-state index contributed by atoms with van der Waals surface area (Å²) >= 11 is 0. The molecule has 56 valence electrons. The molecule has 7 nitrogen and oxygen atoms in total. The SMILES string of the molecule is Nc1nc([O-])c2n[nH]nc2n1. The number of aromatic amines is 1. The Balaban J connectivity index is 2.91. The summed E-state index contributed by atoms with van der Waals surface area (Å²) in [6, 6.07) is 0. The lowest BCUT2D eigenvalue weighted by atomic mass is 10.5. The second-order valence-electron chi connectivity index (χ2n) is 1.88. The van der Waals surface area contributed by atoms with E-state index in [4.69, 9.17) is 5.73 Å². The third-order valence-electron chi connectivity index (χ3n) is 1.17. The molecule has 0 radical (unpaired) electrons. The van der Waals surface area contributed by atoms with Crippen LogP contribution in [0.2, 0.25) is 0 Å². The highest BCUT2D eigenvalue weighted by Crippen LogP contribution is 2.13. The van der Waals surface area contributed by atoms with Crippen LogP contribution >= 0.6 is 0 Å². The van der Waals surface area contributed by atoms with Crippen molar-refractivity contribution in [2.45, 2.75) is 0 Å². The van der Waals surface area contributed by atoms with Crippen molar-refractivity contribution < 1.29 is 5.11 Å². The highest BCUT2D eigenvalue weighted by Gasteiger charge is 2.01. The van der Waals surface area contributed by atoms with Crippen molar-refractivity contribution in [1.29, 1.82) is 0 Å². The van der Waals surface area contributed by atoms with E-state index in [1.165, 1.54) is 0 Å². The summed E-state index contributed by atoms with van der Waals surface area (Å²) < 4.78 is 0. The van der Waals surface area contributed by atoms with Gasteiger partial charge in [0, 0.05) is 5.88 Å². The number of H-pyrrole nitrogens is 1. The molecule has 2 aromatic rings. The molecule has 2 heterocycles. The molecule has 2 aromatic heterocycles. The van der Waals surface area contributed by atoms with Crippen molar-refractivity contribution in [1.82, 2.24) is 25.4 Å². The maximum absolute atomic E-state index is 10.9. The number of nitrogen functional groups attached to an aromatic ring is 1. The van der Waals surface area contributed by atoms with Gasteiger partial charge in [-0.25, -0.2) is 4.98 Å². The number of rotatable bonds is 0. The highest BCUT2D eigenvalue weighted by atomic mass is 16.3. The topological polar surface area (TPSA) is 116 Å². The fourth-order valence-corrected chi connectivity index (χ4v) is 0.737. The average molecular weight is 151 g/mol. The molecule has 0 saturated heterocycles. The molecule has 0 aliphatic carbocycles. The molecule has 3 N–H and O–H groups in total. The third-order valence-corrected chi connectivity index (χ3v) is 1.17. The smallest absolute Gasteiger partial charge is 0.221 e. The van der Waals surface area contributed by atoms with Gasteiger partial charge in [-0.3, -0.25) is 0 Å². The van der Waals surface area contributed by atoms with Gasteiger partial charge in [0.2, 0.25) is 11.6 Å². The van der Waals surface area contributed by atoms with Gasteiger partial charge in [-0.15, -0.1) is 5.10 Å². The molecule has 0 aliphatic heterocycles. The predicted molar refractivity (Wildman–Crippen MR) is 33.3 cm³/mol. The lowest BCUT2D eigenvalue weighted by molar-refractivity contribution is -0.272. The van der Waals surface area contributed by atoms with E-state index in [1.807, 2.05) is 0 Å². The molecule has 7 heteroatoms. The number of nitrogens with two attached hydrogens (primary N) is 1. The van der Waals surface area contributed by atoms with Crippen LogP contribution < -0.4 is 10.8 Å². The molecular formula is C4H3N6O-. The summed E-state index contributed by atoms with van der Waals surface area (Å²) in [5.41, 5.74) is 5.49. The van der Waals surface area contributed by atoms with Crippen LogP contribution in [0.15, 0.2) is 0 Å². The van der Waals surface area contributed by atoms with Crippen molar-refractivity contribution in [2.24, 2.45) is 0 Å². The summed E-state index contributed by atoms with van der Waals surface area (Å²) in [5, 5.41) is 20.3. The van der Waals surface area contributed by atoms with E-state index in [-0.39, 0.29) is 17.1 Å². The minimum Gasteiger partial charge on any atom is -0.857 e. The van der Waals surface area contributed by atoms with Gasteiger partial charge in [0.05, 0.1) is 0 Å². The molecule has 0 unspecified atom stereocenters. The largest absolute Gasteiger partial charge is 0.857 e. The van der Waals surface area contributed by atoms with Crippen molar-refractivity contribution in [2.75, 3.05) is 5.73 Å². The molecule has 0 saturated carbocycles. The molecule has 0 atom stereocenters. The number of nitrogens with zero attached hydrogens (tertiary/aromatic N) is 4. The number of anilines is 1. The van der Waals surface area contributed by atoms with Crippen LogP contribution in [0.1, 0.15) is 0 Å². The zero-order valence-corrected chi connectivity index (χ0v) is 5.27. The van der Waals surface area contributed by atoms with Gasteiger partial charge in [0.15, 0.2) is 0 Å². The van der Waals surface area contributed by atoms with Crippen LogP contribution in [-0.4, -0.2) is 25.4 Å². The average Bonchev–Trinajstić information content (AvgIpc) is 2.34. The number of aromatic nitrogens is 5. The Kier molecular flexibility index (Phi) is 0.945. The second kappa shape index (κ2) is 1.78. The van der Waals surface area contributed by atoms with E-state index in [9.17, 15) is 5.11 Å². The molecule has 0 aliphatic rings. The van der Waals surface area contributed by atoms with Crippen LogP contribution in [0.3, 0.4) is 0 Å². The molecule has 2 rings (SSSR count). The maximum Gasteiger partial charge on any atom is 0.221 e. The van der Waals surface area contributed by atoms with Crippen LogP contribution in [0, 0.1) is 0 Å². The fourth-order valence-electron chi connectivity index (χ4n) is 0.737. The van der Waals surface area contributed by atoms with Crippen molar-refractivity contribution in [3.05, 3.63) is 0 Å². The van der Waals surface area contributed by atoms with Gasteiger partial charge in [-0.1, -0.05) is 0 Å². The van der Waals surface area contributed by atoms with Gasteiger partial charge < -0.3 is 10.8 Å². The third kappa shape index (κ3) is 0.741. The molecular weight excluding hydrogens is 148 g/mol. The highest BCUT2D eigenvalue weighted by molar-refractivity contribution is 5.74. The Morgan fingerprint density at radius 2 is 2.09 bits per heavy atom. The van der Waals surface area contributed by atoms with Gasteiger partial charge >= 0.3 is 0 Å². The Hall–Kier alpha value is -1.92. The van der Waals surface area contributed by atoms with Gasteiger partial charge in [-0.2, -0.15) is 15.3 Å². The van der Waals surface area contributed by atoms with Crippen LogP contribution in [-0.2, 0) is 0 Å². The number of hydrogen-bond acceptors (Lipinski definition) is 6. The quantitative estimate of drug-likeness (QED) is 0.468. The first-order valence-corrected chi connectivity index (χ1v) is 2.78. The van der Waals surface area contributed by atoms with Crippen molar-refractivity contribution >= 4 is 17.1 Å². The molecule has 11 heavy (non-hydrogen) atoms. The fraction of sp³-hybridized carbons (Fsp3) is 0. The Morgan fingerprint density at radius 3 is 2.91 bits per heavy atom. The van der Waals surface area contributed by atoms with Gasteiger partial charge in [0.1, 0.15) is 5.52 Å². The second-order valence-corrected chi connectivity index (χ2v) is 1.88. The van der Waals surface area contributed by atoms with Crippen LogP contribution in [0.4, 0.5) is 5.95 Å². The lowest BCUT2D eigenvalue weighted by Gasteiger charge is -2.02. The van der Waals surface area contributed by atoms with E-state index >= 15 is 0 Å². The predicted octanol–water partition coefficient (Wildman–Crippen LogP) is -1.60.